The van der Waals surface area contributed by atoms with E-state index in [9.17, 15) is 18.0 Å². The molecule has 3 rings (SSSR count). The summed E-state index contributed by atoms with van der Waals surface area (Å²) >= 11 is 0. The number of carbonyl (C=O) groups is 2. The van der Waals surface area contributed by atoms with Gasteiger partial charge in [0.25, 0.3) is 15.9 Å². The number of rotatable bonds is 7. The molecule has 0 spiro atoms. The fraction of sp³-hybridized carbons (Fsp3) is 0.200. The molecule has 2 amide bonds. The van der Waals surface area contributed by atoms with Crippen LogP contribution in [-0.4, -0.2) is 26.8 Å². The summed E-state index contributed by atoms with van der Waals surface area (Å²) in [5.74, 6) is -0.785. The molecule has 172 valence electrons. The fourth-order valence-electron chi connectivity index (χ4n) is 3.06. The predicted octanol–water partition coefficient (Wildman–Crippen LogP) is 4.15. The number of nitrogens with one attached hydrogen (secondary N) is 3. The Bertz CT molecular complexity index is 1230. The van der Waals surface area contributed by atoms with Crippen molar-refractivity contribution in [2.24, 2.45) is 0 Å². The minimum atomic E-state index is -3.74. The molecule has 0 bridgehead atoms. The summed E-state index contributed by atoms with van der Waals surface area (Å²) in [5.41, 5.74) is 2.27. The maximum Gasteiger partial charge on any atom is 0.261 e. The van der Waals surface area contributed by atoms with Crippen molar-refractivity contribution < 1.29 is 18.0 Å². The number of hydrogen-bond donors (Lipinski definition) is 3. The van der Waals surface area contributed by atoms with Crippen molar-refractivity contribution in [3.05, 3.63) is 90.0 Å². The first-order chi connectivity index (χ1) is 15.5. The van der Waals surface area contributed by atoms with Gasteiger partial charge in [0, 0.05) is 11.3 Å². The Labute approximate surface area is 194 Å². The molecule has 0 aliphatic heterocycles. The second-order valence-corrected chi connectivity index (χ2v) is 10.2. The summed E-state index contributed by atoms with van der Waals surface area (Å²) in [6, 6.07) is 21.6. The van der Waals surface area contributed by atoms with Crippen molar-refractivity contribution in [3.63, 3.8) is 0 Å². The minimum absolute atomic E-state index is 0.0152. The third-order valence-electron chi connectivity index (χ3n) is 4.87. The van der Waals surface area contributed by atoms with Gasteiger partial charge in [-0.15, -0.1) is 0 Å². The number of amides is 2. The van der Waals surface area contributed by atoms with Gasteiger partial charge in [-0.25, -0.2) is 8.42 Å². The van der Waals surface area contributed by atoms with Crippen molar-refractivity contribution in [1.29, 1.82) is 0 Å². The van der Waals surface area contributed by atoms with Crippen LogP contribution in [0.15, 0.2) is 83.8 Å². The van der Waals surface area contributed by atoms with Gasteiger partial charge in [0.05, 0.1) is 17.1 Å². The fourth-order valence-corrected chi connectivity index (χ4v) is 4.13. The van der Waals surface area contributed by atoms with Crippen molar-refractivity contribution in [2.45, 2.75) is 31.1 Å². The summed E-state index contributed by atoms with van der Waals surface area (Å²) < 4.78 is 27.4. The van der Waals surface area contributed by atoms with Gasteiger partial charge in [-0.05, 0) is 53.4 Å². The predicted molar refractivity (Wildman–Crippen MR) is 130 cm³/mol. The molecule has 0 atom stereocenters. The van der Waals surface area contributed by atoms with Gasteiger partial charge in [0.2, 0.25) is 5.91 Å². The molecule has 7 nitrogen and oxygen atoms in total. The molecule has 3 aromatic rings. The van der Waals surface area contributed by atoms with Gasteiger partial charge in [-0.2, -0.15) is 0 Å². The van der Waals surface area contributed by atoms with Gasteiger partial charge in [0.1, 0.15) is 0 Å². The van der Waals surface area contributed by atoms with E-state index in [0.29, 0.717) is 16.9 Å². The Morgan fingerprint density at radius 3 is 2.09 bits per heavy atom. The number of sulfonamides is 1. The Balaban J connectivity index is 1.57. The number of carbonyl (C=O) groups excluding carboxylic acids is 2. The Hall–Kier alpha value is -3.65. The third kappa shape index (κ3) is 6.66. The highest BCUT2D eigenvalue weighted by molar-refractivity contribution is 7.92. The highest BCUT2D eigenvalue weighted by Gasteiger charge is 2.16. The number of benzene rings is 3. The molecule has 0 aliphatic carbocycles. The molecule has 3 N–H and O–H groups in total. The Kier molecular flexibility index (Phi) is 7.18. The van der Waals surface area contributed by atoms with Gasteiger partial charge in [-0.3, -0.25) is 14.3 Å². The summed E-state index contributed by atoms with van der Waals surface area (Å²) in [7, 11) is -3.74. The SMILES string of the molecule is CC(C)(C)c1ccc(C(=O)NCC(=O)Nc2cccc(NS(=O)(=O)c3ccccc3)c2)cc1. The normalized spacial score (nSPS) is 11.5. The van der Waals surface area contributed by atoms with Crippen LogP contribution in [0.3, 0.4) is 0 Å². The van der Waals surface area contributed by atoms with Crippen molar-refractivity contribution in [3.8, 4) is 0 Å². The van der Waals surface area contributed by atoms with E-state index in [-0.39, 0.29) is 22.8 Å². The molecule has 0 aromatic heterocycles. The lowest BCUT2D eigenvalue weighted by Gasteiger charge is -2.19. The zero-order chi connectivity index (χ0) is 24.1. The van der Waals surface area contributed by atoms with Crippen LogP contribution < -0.4 is 15.4 Å². The molecule has 3 aromatic carbocycles. The summed E-state index contributed by atoms with van der Waals surface area (Å²) in [4.78, 5) is 24.8. The van der Waals surface area contributed by atoms with Crippen LogP contribution in [0, 0.1) is 0 Å². The summed E-state index contributed by atoms with van der Waals surface area (Å²) in [6.45, 7) is 6.05. The van der Waals surface area contributed by atoms with Crippen LogP contribution in [-0.2, 0) is 20.2 Å². The van der Waals surface area contributed by atoms with Crippen LogP contribution >= 0.6 is 0 Å². The molecular formula is C25H27N3O4S. The van der Waals surface area contributed by atoms with Gasteiger partial charge >= 0.3 is 0 Å². The molecule has 0 aliphatic rings. The van der Waals surface area contributed by atoms with Crippen LogP contribution in [0.2, 0.25) is 0 Å². The van der Waals surface area contributed by atoms with E-state index in [1.807, 2.05) is 12.1 Å². The van der Waals surface area contributed by atoms with Crippen molar-refractivity contribution in [2.75, 3.05) is 16.6 Å². The van der Waals surface area contributed by atoms with E-state index in [1.165, 1.54) is 18.2 Å². The molecule has 33 heavy (non-hydrogen) atoms. The van der Waals surface area contributed by atoms with E-state index in [4.69, 9.17) is 0 Å². The van der Waals surface area contributed by atoms with E-state index < -0.39 is 15.9 Å². The topological polar surface area (TPSA) is 104 Å². The molecule has 0 radical (unpaired) electrons. The smallest absolute Gasteiger partial charge is 0.261 e. The maximum atomic E-state index is 12.5. The van der Waals surface area contributed by atoms with Crippen LogP contribution in [0.4, 0.5) is 11.4 Å². The first kappa shape index (κ1) is 24.0. The van der Waals surface area contributed by atoms with Gasteiger partial charge < -0.3 is 10.6 Å². The average molecular weight is 466 g/mol. The molecule has 0 fully saturated rings. The standard InChI is InChI=1S/C25H27N3O4S/c1-25(2,3)19-14-12-18(13-15-19)24(30)26-17-23(29)27-20-8-7-9-21(16-20)28-33(31,32)22-10-5-4-6-11-22/h4-16,28H,17H2,1-3H3,(H,26,30)(H,27,29). The van der Waals surface area contributed by atoms with E-state index >= 15 is 0 Å². The highest BCUT2D eigenvalue weighted by Crippen LogP contribution is 2.22. The molecule has 8 heteroatoms. The average Bonchev–Trinajstić information content (AvgIpc) is 2.77. The molecule has 0 unspecified atom stereocenters. The summed E-state index contributed by atoms with van der Waals surface area (Å²) in [5, 5.41) is 5.24. The molecule has 0 heterocycles. The third-order valence-corrected chi connectivity index (χ3v) is 6.27. The zero-order valence-corrected chi connectivity index (χ0v) is 19.6. The quantitative estimate of drug-likeness (QED) is 0.487. The number of anilines is 2. The maximum absolute atomic E-state index is 12.5. The first-order valence-corrected chi connectivity index (χ1v) is 11.9. The van der Waals surface area contributed by atoms with Crippen molar-refractivity contribution in [1.82, 2.24) is 5.32 Å². The molecular weight excluding hydrogens is 438 g/mol. The monoisotopic (exact) mass is 465 g/mol. The first-order valence-electron chi connectivity index (χ1n) is 10.4. The minimum Gasteiger partial charge on any atom is -0.343 e. The molecule has 0 saturated heterocycles. The lowest BCUT2D eigenvalue weighted by atomic mass is 9.87. The van der Waals surface area contributed by atoms with E-state index in [1.54, 1.807) is 48.5 Å². The lowest BCUT2D eigenvalue weighted by Crippen LogP contribution is -2.32. The van der Waals surface area contributed by atoms with E-state index in [0.717, 1.165) is 5.56 Å². The highest BCUT2D eigenvalue weighted by atomic mass is 32.2. The Morgan fingerprint density at radius 1 is 0.818 bits per heavy atom. The van der Waals surface area contributed by atoms with Crippen LogP contribution in [0.5, 0.6) is 0 Å². The Morgan fingerprint density at radius 2 is 1.45 bits per heavy atom. The summed E-state index contributed by atoms with van der Waals surface area (Å²) in [6.07, 6.45) is 0. The van der Waals surface area contributed by atoms with Crippen molar-refractivity contribution >= 4 is 33.2 Å². The van der Waals surface area contributed by atoms with Gasteiger partial charge in [0.15, 0.2) is 0 Å². The van der Waals surface area contributed by atoms with E-state index in [2.05, 4.69) is 36.1 Å². The second kappa shape index (κ2) is 9.87. The van der Waals surface area contributed by atoms with Crippen LogP contribution in [0.1, 0.15) is 36.7 Å². The lowest BCUT2D eigenvalue weighted by molar-refractivity contribution is -0.115. The molecule has 0 saturated carbocycles. The number of hydrogen-bond acceptors (Lipinski definition) is 4. The second-order valence-electron chi connectivity index (χ2n) is 8.56. The van der Waals surface area contributed by atoms with Gasteiger partial charge in [-0.1, -0.05) is 57.2 Å². The van der Waals surface area contributed by atoms with Crippen LogP contribution in [0.25, 0.3) is 0 Å². The largest absolute Gasteiger partial charge is 0.343 e. The zero-order valence-electron chi connectivity index (χ0n) is 18.8.